The zero-order valence-corrected chi connectivity index (χ0v) is 15.0. The summed E-state index contributed by atoms with van der Waals surface area (Å²) in [4.78, 5) is 12.3. The van der Waals surface area contributed by atoms with Crippen molar-refractivity contribution >= 4 is 15.9 Å². The highest BCUT2D eigenvalue weighted by Crippen LogP contribution is 2.25. The van der Waals surface area contributed by atoms with E-state index in [0.717, 1.165) is 32.1 Å². The molecule has 3 N–H and O–H groups in total. The van der Waals surface area contributed by atoms with Crippen molar-refractivity contribution in [3.8, 4) is 0 Å². The number of amides is 1. The second-order valence-corrected chi connectivity index (χ2v) is 8.13. The molecule has 1 atom stereocenters. The largest absolute Gasteiger partial charge is 0.352 e. The van der Waals surface area contributed by atoms with Gasteiger partial charge in [0.25, 0.3) is 5.91 Å². The van der Waals surface area contributed by atoms with E-state index in [-0.39, 0.29) is 16.8 Å². The normalized spacial score (nSPS) is 19.2. The Hall–Kier alpha value is -1.44. The van der Waals surface area contributed by atoms with Gasteiger partial charge >= 0.3 is 0 Å². The van der Waals surface area contributed by atoms with Crippen molar-refractivity contribution in [2.45, 2.75) is 50.0 Å². The minimum atomic E-state index is -3.49. The van der Waals surface area contributed by atoms with Crippen LogP contribution in [0.4, 0.5) is 0 Å². The molecular formula is C17H27N3O3S. The van der Waals surface area contributed by atoms with Gasteiger partial charge in [0.15, 0.2) is 0 Å². The lowest BCUT2D eigenvalue weighted by molar-refractivity contribution is 0.0953. The quantitative estimate of drug-likeness (QED) is 0.730. The number of nitrogens with two attached hydrogens (primary N) is 1. The van der Waals surface area contributed by atoms with E-state index in [9.17, 15) is 13.2 Å². The van der Waals surface area contributed by atoms with Crippen LogP contribution in [0.15, 0.2) is 29.2 Å². The number of hydrogen-bond acceptors (Lipinski definition) is 4. The molecule has 1 amide bonds. The lowest BCUT2D eigenvalue weighted by Crippen LogP contribution is -2.41. The van der Waals surface area contributed by atoms with Crippen LogP contribution in [-0.4, -0.2) is 44.3 Å². The molecule has 1 aromatic rings. The molecule has 2 rings (SSSR count). The van der Waals surface area contributed by atoms with Crippen LogP contribution < -0.4 is 11.1 Å². The van der Waals surface area contributed by atoms with Crippen molar-refractivity contribution in [3.63, 3.8) is 0 Å². The molecule has 6 nitrogen and oxygen atoms in total. The van der Waals surface area contributed by atoms with E-state index in [0.29, 0.717) is 25.2 Å². The first-order valence-corrected chi connectivity index (χ1v) is 10.0. The summed E-state index contributed by atoms with van der Waals surface area (Å²) >= 11 is 0. The highest BCUT2D eigenvalue weighted by Gasteiger charge is 2.30. The molecule has 1 aliphatic rings. The van der Waals surface area contributed by atoms with E-state index < -0.39 is 10.0 Å². The Bertz CT molecular complexity index is 644. The molecule has 1 aromatic carbocycles. The van der Waals surface area contributed by atoms with Crippen LogP contribution in [0, 0.1) is 0 Å². The molecule has 0 spiro atoms. The highest BCUT2D eigenvalue weighted by atomic mass is 32.2. The first kappa shape index (κ1) is 18.9. The number of unbranched alkanes of at least 4 members (excludes halogenated alkanes) is 1. The molecule has 0 radical (unpaired) electrons. The SMILES string of the molecule is CC1CCCCN1S(=O)(=O)c1ccc(C(=O)NCCCCN)cc1. The first-order chi connectivity index (χ1) is 11.5. The fourth-order valence-corrected chi connectivity index (χ4v) is 4.62. The Balaban J connectivity index is 2.04. The summed E-state index contributed by atoms with van der Waals surface area (Å²) in [5, 5.41) is 2.81. The van der Waals surface area contributed by atoms with E-state index in [1.54, 1.807) is 16.4 Å². The molecule has 1 unspecified atom stereocenters. The summed E-state index contributed by atoms with van der Waals surface area (Å²) in [5.41, 5.74) is 5.88. The van der Waals surface area contributed by atoms with Crippen molar-refractivity contribution in [2.75, 3.05) is 19.6 Å². The van der Waals surface area contributed by atoms with Gasteiger partial charge in [-0.1, -0.05) is 6.42 Å². The number of carbonyl (C=O) groups is 1. The van der Waals surface area contributed by atoms with Crippen molar-refractivity contribution in [1.29, 1.82) is 0 Å². The lowest BCUT2D eigenvalue weighted by Gasteiger charge is -2.32. The number of nitrogens with zero attached hydrogens (tertiary/aromatic N) is 1. The molecule has 1 fully saturated rings. The average molecular weight is 353 g/mol. The predicted molar refractivity (Wildman–Crippen MR) is 94.3 cm³/mol. The molecule has 7 heteroatoms. The van der Waals surface area contributed by atoms with Crippen molar-refractivity contribution in [1.82, 2.24) is 9.62 Å². The number of piperidine rings is 1. The van der Waals surface area contributed by atoms with Gasteiger partial charge in [-0.05, 0) is 63.4 Å². The van der Waals surface area contributed by atoms with E-state index in [1.807, 2.05) is 6.92 Å². The van der Waals surface area contributed by atoms with Crippen LogP contribution >= 0.6 is 0 Å². The first-order valence-electron chi connectivity index (χ1n) is 8.57. The Morgan fingerprint density at radius 2 is 1.96 bits per heavy atom. The average Bonchev–Trinajstić information content (AvgIpc) is 2.59. The number of nitrogens with one attached hydrogen (secondary N) is 1. The van der Waals surface area contributed by atoms with Crippen molar-refractivity contribution in [3.05, 3.63) is 29.8 Å². The summed E-state index contributed by atoms with van der Waals surface area (Å²) in [6.07, 6.45) is 4.55. The van der Waals surface area contributed by atoms with Crippen LogP contribution in [0.2, 0.25) is 0 Å². The maximum Gasteiger partial charge on any atom is 0.251 e. The summed E-state index contributed by atoms with van der Waals surface area (Å²) < 4.78 is 27.0. The minimum absolute atomic E-state index is 0.0225. The summed E-state index contributed by atoms with van der Waals surface area (Å²) in [6.45, 7) is 3.69. The van der Waals surface area contributed by atoms with Gasteiger partial charge in [0, 0.05) is 24.7 Å². The molecule has 1 aliphatic heterocycles. The number of rotatable bonds is 7. The maximum atomic E-state index is 12.7. The zero-order valence-electron chi connectivity index (χ0n) is 14.2. The fraction of sp³-hybridized carbons (Fsp3) is 0.588. The van der Waals surface area contributed by atoms with Crippen LogP contribution in [0.25, 0.3) is 0 Å². The van der Waals surface area contributed by atoms with E-state index in [4.69, 9.17) is 5.73 Å². The Morgan fingerprint density at radius 3 is 2.58 bits per heavy atom. The Labute approximate surface area is 144 Å². The van der Waals surface area contributed by atoms with Crippen LogP contribution in [0.3, 0.4) is 0 Å². The molecule has 1 saturated heterocycles. The molecule has 1 heterocycles. The van der Waals surface area contributed by atoms with Gasteiger partial charge in [-0.15, -0.1) is 0 Å². The Kier molecular flexibility index (Phi) is 6.77. The number of hydrogen-bond donors (Lipinski definition) is 2. The standard InChI is InChI=1S/C17H27N3O3S/c1-14-6-2-5-13-20(14)24(22,23)16-9-7-15(8-10-16)17(21)19-12-4-3-11-18/h7-10,14H,2-6,11-13,18H2,1H3,(H,19,21). The molecule has 134 valence electrons. The van der Waals surface area contributed by atoms with Gasteiger partial charge in [-0.2, -0.15) is 4.31 Å². The topological polar surface area (TPSA) is 92.5 Å². The minimum Gasteiger partial charge on any atom is -0.352 e. The van der Waals surface area contributed by atoms with Gasteiger partial charge in [0.2, 0.25) is 10.0 Å². The van der Waals surface area contributed by atoms with Gasteiger partial charge in [0.05, 0.1) is 4.90 Å². The van der Waals surface area contributed by atoms with Gasteiger partial charge in [0.1, 0.15) is 0 Å². The summed E-state index contributed by atoms with van der Waals surface area (Å²) in [7, 11) is -3.49. The van der Waals surface area contributed by atoms with Gasteiger partial charge < -0.3 is 11.1 Å². The number of benzene rings is 1. The number of sulfonamides is 1. The third-order valence-corrected chi connectivity index (χ3v) is 6.41. The third kappa shape index (κ3) is 4.55. The molecule has 0 bridgehead atoms. The monoisotopic (exact) mass is 353 g/mol. The Morgan fingerprint density at radius 1 is 1.25 bits per heavy atom. The molecule has 0 aliphatic carbocycles. The van der Waals surface area contributed by atoms with Crippen LogP contribution in [0.5, 0.6) is 0 Å². The van der Waals surface area contributed by atoms with E-state index >= 15 is 0 Å². The summed E-state index contributed by atoms with van der Waals surface area (Å²) in [5.74, 6) is -0.192. The second-order valence-electron chi connectivity index (χ2n) is 6.24. The molecule has 0 aromatic heterocycles. The van der Waals surface area contributed by atoms with E-state index in [1.165, 1.54) is 12.1 Å². The second kappa shape index (κ2) is 8.60. The van der Waals surface area contributed by atoms with Gasteiger partial charge in [-0.25, -0.2) is 8.42 Å². The van der Waals surface area contributed by atoms with E-state index in [2.05, 4.69) is 5.32 Å². The molecular weight excluding hydrogens is 326 g/mol. The molecule has 24 heavy (non-hydrogen) atoms. The van der Waals surface area contributed by atoms with Gasteiger partial charge in [-0.3, -0.25) is 4.79 Å². The zero-order chi connectivity index (χ0) is 17.6. The highest BCUT2D eigenvalue weighted by molar-refractivity contribution is 7.89. The smallest absolute Gasteiger partial charge is 0.251 e. The molecule has 0 saturated carbocycles. The van der Waals surface area contributed by atoms with Crippen LogP contribution in [-0.2, 0) is 10.0 Å². The van der Waals surface area contributed by atoms with Crippen molar-refractivity contribution in [2.24, 2.45) is 5.73 Å². The van der Waals surface area contributed by atoms with Crippen molar-refractivity contribution < 1.29 is 13.2 Å². The fourth-order valence-electron chi connectivity index (χ4n) is 2.92. The maximum absolute atomic E-state index is 12.7. The predicted octanol–water partition coefficient (Wildman–Crippen LogP) is 1.72. The lowest BCUT2D eigenvalue weighted by atomic mass is 10.1. The summed E-state index contributed by atoms with van der Waals surface area (Å²) in [6, 6.07) is 6.20. The van der Waals surface area contributed by atoms with Crippen LogP contribution in [0.1, 0.15) is 49.4 Å². The number of carbonyl (C=O) groups excluding carboxylic acids is 1. The third-order valence-electron chi connectivity index (χ3n) is 4.38.